The Kier molecular flexibility index (Phi) is 7.07. The summed E-state index contributed by atoms with van der Waals surface area (Å²) >= 11 is 0. The van der Waals surface area contributed by atoms with Crippen molar-refractivity contribution in [2.45, 2.75) is 38.2 Å². The van der Waals surface area contributed by atoms with E-state index in [9.17, 15) is 14.7 Å². The molecule has 0 spiro atoms. The highest BCUT2D eigenvalue weighted by Gasteiger charge is 2.32. The zero-order valence-corrected chi connectivity index (χ0v) is 19.4. The number of aliphatic hydroxyl groups is 1. The second kappa shape index (κ2) is 10.4. The van der Waals surface area contributed by atoms with E-state index in [4.69, 9.17) is 11.5 Å². The van der Waals surface area contributed by atoms with Crippen LogP contribution in [0, 0.1) is 0 Å². The highest BCUT2D eigenvalue weighted by atomic mass is 16.3. The van der Waals surface area contributed by atoms with Gasteiger partial charge in [-0.3, -0.25) is 14.6 Å². The number of aromatic amines is 1. The van der Waals surface area contributed by atoms with Gasteiger partial charge in [-0.1, -0.05) is 49.7 Å². The van der Waals surface area contributed by atoms with Gasteiger partial charge < -0.3 is 26.9 Å². The van der Waals surface area contributed by atoms with Gasteiger partial charge in [0.05, 0.1) is 11.0 Å². The van der Waals surface area contributed by atoms with Crippen molar-refractivity contribution in [1.29, 1.82) is 0 Å². The normalized spacial score (nSPS) is 12.9. The van der Waals surface area contributed by atoms with E-state index in [0.717, 1.165) is 24.8 Å². The second-order valence-electron chi connectivity index (χ2n) is 8.43. The molecule has 7 N–H and O–H groups in total. The first-order valence-corrected chi connectivity index (χ1v) is 11.4. The van der Waals surface area contributed by atoms with Gasteiger partial charge in [-0.15, -0.1) is 0 Å². The van der Waals surface area contributed by atoms with Gasteiger partial charge >= 0.3 is 0 Å². The number of nitrogens with one attached hydrogen (secondary N) is 2. The van der Waals surface area contributed by atoms with Crippen LogP contribution in [-0.4, -0.2) is 38.0 Å². The molecule has 2 amide bonds. The van der Waals surface area contributed by atoms with E-state index in [1.165, 1.54) is 0 Å². The fourth-order valence-electron chi connectivity index (χ4n) is 4.15. The summed E-state index contributed by atoms with van der Waals surface area (Å²) in [7, 11) is 0. The van der Waals surface area contributed by atoms with Crippen LogP contribution in [0.2, 0.25) is 0 Å². The Morgan fingerprint density at radius 1 is 1.14 bits per heavy atom. The Balaban J connectivity index is 1.72. The predicted octanol–water partition coefficient (Wildman–Crippen LogP) is 3.11. The molecular formula is C26H28N6O3. The number of H-pyrrole nitrogens is 1. The number of imidazole rings is 1. The number of carbonyl (C=O) groups is 2. The average Bonchev–Trinajstić information content (AvgIpc) is 3.22. The molecule has 0 fully saturated rings. The first-order chi connectivity index (χ1) is 16.9. The third-order valence-corrected chi connectivity index (χ3v) is 5.87. The predicted molar refractivity (Wildman–Crippen MR) is 135 cm³/mol. The lowest BCUT2D eigenvalue weighted by Crippen LogP contribution is -2.35. The van der Waals surface area contributed by atoms with Crippen LogP contribution in [0.3, 0.4) is 0 Å². The number of nitrogens with zero attached hydrogens (tertiary/aromatic N) is 2. The zero-order valence-electron chi connectivity index (χ0n) is 19.4. The van der Waals surface area contributed by atoms with Crippen LogP contribution in [0.15, 0.2) is 60.8 Å². The van der Waals surface area contributed by atoms with Crippen LogP contribution >= 0.6 is 0 Å². The third kappa shape index (κ3) is 5.30. The minimum atomic E-state index is -1.53. The minimum absolute atomic E-state index is 0.0281. The molecule has 0 radical (unpaired) electrons. The molecule has 2 heterocycles. The maximum absolute atomic E-state index is 13.2. The maximum atomic E-state index is 13.2. The molecule has 35 heavy (non-hydrogen) atoms. The number of nitrogens with two attached hydrogens (primary N) is 2. The molecule has 2 aromatic carbocycles. The minimum Gasteiger partial charge on any atom is -0.382 e. The Bertz CT molecular complexity index is 1350. The lowest BCUT2D eigenvalue weighted by molar-refractivity contribution is -0.124. The van der Waals surface area contributed by atoms with Crippen molar-refractivity contribution >= 4 is 34.5 Å². The van der Waals surface area contributed by atoms with E-state index in [2.05, 4.69) is 27.2 Å². The Morgan fingerprint density at radius 2 is 1.91 bits per heavy atom. The van der Waals surface area contributed by atoms with E-state index in [1.54, 1.807) is 36.5 Å². The van der Waals surface area contributed by atoms with Crippen LogP contribution in [0.4, 0.5) is 11.6 Å². The van der Waals surface area contributed by atoms with Crippen LogP contribution in [0.1, 0.15) is 52.9 Å². The van der Waals surface area contributed by atoms with E-state index >= 15 is 0 Å². The molecule has 180 valence electrons. The largest absolute Gasteiger partial charge is 0.382 e. The summed E-state index contributed by atoms with van der Waals surface area (Å²) in [5, 5.41) is 14.1. The lowest BCUT2D eigenvalue weighted by Gasteiger charge is -2.25. The van der Waals surface area contributed by atoms with Crippen molar-refractivity contribution in [3.05, 3.63) is 83.2 Å². The number of rotatable bonds is 9. The van der Waals surface area contributed by atoms with E-state index in [0.29, 0.717) is 27.8 Å². The van der Waals surface area contributed by atoms with Crippen molar-refractivity contribution in [2.24, 2.45) is 5.73 Å². The molecule has 2 atom stereocenters. The van der Waals surface area contributed by atoms with E-state index in [-0.39, 0.29) is 11.6 Å². The SMILES string of the molecule is CCCCc1cnc(C(N)=O)c(C(c2ccccc2)C(O)C(=O)Nc2ccc3nc(N)[nH]c3c2)c1. The highest BCUT2D eigenvalue weighted by molar-refractivity contribution is 5.98. The number of aryl methyl sites for hydroxylation is 1. The summed E-state index contributed by atoms with van der Waals surface area (Å²) < 4.78 is 0. The van der Waals surface area contributed by atoms with Gasteiger partial charge in [-0.2, -0.15) is 0 Å². The number of hydrogen-bond donors (Lipinski definition) is 5. The van der Waals surface area contributed by atoms with Crippen LogP contribution in [0.25, 0.3) is 11.0 Å². The number of anilines is 2. The summed E-state index contributed by atoms with van der Waals surface area (Å²) in [5.74, 6) is -1.96. The van der Waals surface area contributed by atoms with Gasteiger partial charge in [0.15, 0.2) is 5.95 Å². The number of unbranched alkanes of at least 4 members (excludes halogenated alkanes) is 1. The van der Waals surface area contributed by atoms with Crippen LogP contribution in [0.5, 0.6) is 0 Å². The van der Waals surface area contributed by atoms with Gasteiger partial charge in [0, 0.05) is 17.8 Å². The van der Waals surface area contributed by atoms with Crippen molar-refractivity contribution in [3.8, 4) is 0 Å². The molecule has 2 unspecified atom stereocenters. The number of fused-ring (bicyclic) bond motifs is 1. The Morgan fingerprint density at radius 3 is 2.63 bits per heavy atom. The number of hydrogen-bond acceptors (Lipinski definition) is 6. The number of carbonyl (C=O) groups excluding carboxylic acids is 2. The highest BCUT2D eigenvalue weighted by Crippen LogP contribution is 2.32. The number of nitrogen functional groups attached to an aromatic ring is 1. The topological polar surface area (TPSA) is 160 Å². The molecule has 9 nitrogen and oxygen atoms in total. The van der Waals surface area contributed by atoms with Gasteiger partial charge in [0.2, 0.25) is 0 Å². The smallest absolute Gasteiger partial charge is 0.267 e. The molecule has 0 saturated heterocycles. The number of aliphatic hydroxyl groups excluding tert-OH is 1. The molecular weight excluding hydrogens is 444 g/mol. The Labute approximate surface area is 202 Å². The molecule has 0 aliphatic carbocycles. The molecule has 4 aromatic rings. The molecule has 9 heteroatoms. The number of aromatic nitrogens is 3. The molecule has 2 aromatic heterocycles. The zero-order chi connectivity index (χ0) is 24.9. The van der Waals surface area contributed by atoms with Crippen LogP contribution < -0.4 is 16.8 Å². The molecule has 0 bridgehead atoms. The van der Waals surface area contributed by atoms with Gasteiger partial charge in [0.25, 0.3) is 11.8 Å². The first-order valence-electron chi connectivity index (χ1n) is 11.4. The van der Waals surface area contributed by atoms with E-state index in [1.807, 2.05) is 24.3 Å². The second-order valence-corrected chi connectivity index (χ2v) is 8.43. The standard InChI is InChI=1S/C26H28N6O3/c1-2-3-7-15-12-18(22(24(27)34)29-14-15)21(16-8-5-4-6-9-16)23(33)25(35)30-17-10-11-19-20(13-17)32-26(28)31-19/h4-6,8-14,21,23,33H,2-3,7H2,1H3,(H2,27,34)(H,30,35)(H3,28,31,32). The monoisotopic (exact) mass is 472 g/mol. The fourth-order valence-corrected chi connectivity index (χ4v) is 4.15. The number of pyridine rings is 1. The van der Waals surface area contributed by atoms with Gasteiger partial charge in [-0.25, -0.2) is 4.98 Å². The summed E-state index contributed by atoms with van der Waals surface area (Å²) in [6.07, 6.45) is 2.79. The number of benzene rings is 2. The molecule has 4 rings (SSSR count). The van der Waals surface area contributed by atoms with Crippen molar-refractivity contribution in [2.75, 3.05) is 11.1 Å². The summed E-state index contributed by atoms with van der Waals surface area (Å²) in [6.45, 7) is 2.09. The molecule has 0 aliphatic heterocycles. The Hall–Kier alpha value is -4.24. The lowest BCUT2D eigenvalue weighted by atomic mass is 9.84. The maximum Gasteiger partial charge on any atom is 0.267 e. The summed E-state index contributed by atoms with van der Waals surface area (Å²) in [5.41, 5.74) is 15.1. The van der Waals surface area contributed by atoms with Crippen molar-refractivity contribution in [1.82, 2.24) is 15.0 Å². The summed E-state index contributed by atoms with van der Waals surface area (Å²) in [6, 6.07) is 15.9. The number of primary amides is 1. The van der Waals surface area contributed by atoms with Crippen LogP contribution in [-0.2, 0) is 11.2 Å². The van der Waals surface area contributed by atoms with Crippen molar-refractivity contribution in [3.63, 3.8) is 0 Å². The average molecular weight is 473 g/mol. The quantitative estimate of drug-likeness (QED) is 0.252. The number of amides is 2. The van der Waals surface area contributed by atoms with Gasteiger partial charge in [0.1, 0.15) is 11.8 Å². The molecule has 0 aliphatic rings. The van der Waals surface area contributed by atoms with Crippen molar-refractivity contribution < 1.29 is 14.7 Å². The summed E-state index contributed by atoms with van der Waals surface area (Å²) in [4.78, 5) is 36.8. The van der Waals surface area contributed by atoms with Gasteiger partial charge in [-0.05, 0) is 47.7 Å². The first kappa shape index (κ1) is 23.9. The van der Waals surface area contributed by atoms with E-state index < -0.39 is 23.8 Å². The molecule has 0 saturated carbocycles. The fraction of sp³-hybridized carbons (Fsp3) is 0.231. The third-order valence-electron chi connectivity index (χ3n) is 5.87.